The molecular weight excluding hydrogens is 334 g/mol. The summed E-state index contributed by atoms with van der Waals surface area (Å²) in [6.07, 6.45) is 0. The first-order valence-electron chi connectivity index (χ1n) is 8.03. The highest BCUT2D eigenvalue weighted by Crippen LogP contribution is 2.28. The van der Waals surface area contributed by atoms with Crippen LogP contribution in [0, 0.1) is 0 Å². The number of nitrogens with one attached hydrogen (secondary N) is 3. The second-order valence-electron chi connectivity index (χ2n) is 5.65. The van der Waals surface area contributed by atoms with E-state index in [1.54, 1.807) is 49.4 Å². The number of rotatable bonds is 6. The molecule has 0 saturated carbocycles. The standard InChI is InChI=1S/C19H21N3O4/c1-12(20-13(2)23)18(24)21-15-9-10-17(26-3)16(11-15)22-19(25)14-7-5-4-6-8-14/h4-12H,1-3H3,(H,20,23)(H,21,24)(H,22,25)/t12-/m0/s1. The van der Waals surface area contributed by atoms with E-state index in [4.69, 9.17) is 4.74 Å². The van der Waals surface area contributed by atoms with Crippen LogP contribution < -0.4 is 20.7 Å². The van der Waals surface area contributed by atoms with Crippen molar-refractivity contribution in [1.29, 1.82) is 0 Å². The van der Waals surface area contributed by atoms with Crippen LogP contribution in [0.4, 0.5) is 11.4 Å². The van der Waals surface area contributed by atoms with Gasteiger partial charge in [-0.2, -0.15) is 0 Å². The Morgan fingerprint density at radius 2 is 1.69 bits per heavy atom. The molecule has 3 amide bonds. The molecule has 0 unspecified atom stereocenters. The van der Waals surface area contributed by atoms with Gasteiger partial charge in [0.25, 0.3) is 5.91 Å². The van der Waals surface area contributed by atoms with Crippen LogP contribution >= 0.6 is 0 Å². The Kier molecular flexibility index (Phi) is 6.32. The van der Waals surface area contributed by atoms with Crippen molar-refractivity contribution in [1.82, 2.24) is 5.32 Å². The number of hydrogen-bond acceptors (Lipinski definition) is 4. The van der Waals surface area contributed by atoms with Crippen molar-refractivity contribution in [3.8, 4) is 5.75 Å². The summed E-state index contributed by atoms with van der Waals surface area (Å²) >= 11 is 0. The third kappa shape index (κ3) is 5.07. The highest BCUT2D eigenvalue weighted by molar-refractivity contribution is 6.05. The smallest absolute Gasteiger partial charge is 0.255 e. The van der Waals surface area contributed by atoms with Gasteiger partial charge < -0.3 is 20.7 Å². The zero-order valence-electron chi connectivity index (χ0n) is 14.8. The van der Waals surface area contributed by atoms with E-state index in [0.717, 1.165) is 0 Å². The third-order valence-corrected chi connectivity index (χ3v) is 3.56. The molecule has 7 heteroatoms. The molecule has 0 saturated heterocycles. The molecule has 0 aliphatic heterocycles. The summed E-state index contributed by atoms with van der Waals surface area (Å²) in [7, 11) is 1.49. The van der Waals surface area contributed by atoms with Gasteiger partial charge in [-0.15, -0.1) is 0 Å². The van der Waals surface area contributed by atoms with Crippen molar-refractivity contribution in [3.05, 3.63) is 54.1 Å². The van der Waals surface area contributed by atoms with Gasteiger partial charge in [0.2, 0.25) is 11.8 Å². The minimum absolute atomic E-state index is 0.293. The van der Waals surface area contributed by atoms with E-state index < -0.39 is 6.04 Å². The van der Waals surface area contributed by atoms with E-state index in [2.05, 4.69) is 16.0 Å². The number of amides is 3. The van der Waals surface area contributed by atoms with E-state index in [0.29, 0.717) is 22.7 Å². The molecular formula is C19H21N3O4. The van der Waals surface area contributed by atoms with Gasteiger partial charge in [-0.1, -0.05) is 18.2 Å². The number of carbonyl (C=O) groups excluding carboxylic acids is 3. The second-order valence-corrected chi connectivity index (χ2v) is 5.65. The summed E-state index contributed by atoms with van der Waals surface area (Å²) in [5, 5.41) is 7.97. The number of benzene rings is 2. The highest BCUT2D eigenvalue weighted by atomic mass is 16.5. The van der Waals surface area contributed by atoms with Crippen LogP contribution in [0.5, 0.6) is 5.75 Å². The van der Waals surface area contributed by atoms with Crippen molar-refractivity contribution in [2.45, 2.75) is 19.9 Å². The molecule has 0 aliphatic rings. The fourth-order valence-electron chi connectivity index (χ4n) is 2.29. The second kappa shape index (κ2) is 8.66. The van der Waals surface area contributed by atoms with Crippen molar-refractivity contribution < 1.29 is 19.1 Å². The van der Waals surface area contributed by atoms with Crippen LogP contribution in [0.25, 0.3) is 0 Å². The molecule has 3 N–H and O–H groups in total. The van der Waals surface area contributed by atoms with E-state index in [9.17, 15) is 14.4 Å². The largest absolute Gasteiger partial charge is 0.495 e. The average molecular weight is 355 g/mol. The van der Waals surface area contributed by atoms with E-state index in [1.807, 2.05) is 6.07 Å². The van der Waals surface area contributed by atoms with Crippen LogP contribution in [-0.2, 0) is 9.59 Å². The van der Waals surface area contributed by atoms with Crippen LogP contribution in [0.3, 0.4) is 0 Å². The minimum atomic E-state index is -0.683. The van der Waals surface area contributed by atoms with E-state index >= 15 is 0 Å². The maximum absolute atomic E-state index is 12.3. The first-order chi connectivity index (χ1) is 12.4. The summed E-state index contributed by atoms with van der Waals surface area (Å²) in [6, 6.07) is 13.0. The lowest BCUT2D eigenvalue weighted by atomic mass is 10.2. The van der Waals surface area contributed by atoms with Crippen molar-refractivity contribution in [2.75, 3.05) is 17.7 Å². The molecule has 0 heterocycles. The van der Waals surface area contributed by atoms with Gasteiger partial charge in [-0.05, 0) is 37.3 Å². The predicted molar refractivity (Wildman–Crippen MR) is 99.3 cm³/mol. The Balaban J connectivity index is 2.16. The lowest BCUT2D eigenvalue weighted by Crippen LogP contribution is -2.40. The summed E-state index contributed by atoms with van der Waals surface area (Å²) < 4.78 is 5.26. The minimum Gasteiger partial charge on any atom is -0.495 e. The van der Waals surface area contributed by atoms with Crippen molar-refractivity contribution in [2.24, 2.45) is 0 Å². The topological polar surface area (TPSA) is 96.5 Å². The number of ether oxygens (including phenoxy) is 1. The first kappa shape index (κ1) is 19.0. The molecule has 136 valence electrons. The summed E-state index contributed by atoms with van der Waals surface area (Å²) in [5.41, 5.74) is 1.39. The van der Waals surface area contributed by atoms with Crippen LogP contribution in [0.15, 0.2) is 48.5 Å². The molecule has 0 aromatic heterocycles. The predicted octanol–water partition coefficient (Wildman–Crippen LogP) is 2.41. The molecule has 7 nitrogen and oxygen atoms in total. The normalized spacial score (nSPS) is 11.2. The number of anilines is 2. The molecule has 0 spiro atoms. The Labute approximate surface area is 151 Å². The van der Waals surface area contributed by atoms with Crippen LogP contribution in [-0.4, -0.2) is 30.9 Å². The summed E-state index contributed by atoms with van der Waals surface area (Å²) in [4.78, 5) is 35.5. The lowest BCUT2D eigenvalue weighted by Gasteiger charge is -2.15. The van der Waals surface area contributed by atoms with Gasteiger partial charge in [0.1, 0.15) is 11.8 Å². The molecule has 0 aliphatic carbocycles. The summed E-state index contributed by atoms with van der Waals surface area (Å²) in [6.45, 7) is 2.92. The SMILES string of the molecule is COc1ccc(NC(=O)[C@H](C)NC(C)=O)cc1NC(=O)c1ccccc1. The summed E-state index contributed by atoms with van der Waals surface area (Å²) in [5.74, 6) is -0.495. The number of hydrogen-bond donors (Lipinski definition) is 3. The maximum atomic E-state index is 12.3. The quantitative estimate of drug-likeness (QED) is 0.741. The monoisotopic (exact) mass is 355 g/mol. The van der Waals surface area contributed by atoms with Crippen molar-refractivity contribution in [3.63, 3.8) is 0 Å². The lowest BCUT2D eigenvalue weighted by molar-refractivity contribution is -0.124. The molecule has 1 atom stereocenters. The van der Waals surface area contributed by atoms with Gasteiger partial charge in [-0.25, -0.2) is 0 Å². The van der Waals surface area contributed by atoms with Crippen LogP contribution in [0.2, 0.25) is 0 Å². The fraction of sp³-hybridized carbons (Fsp3) is 0.211. The molecule has 0 bridgehead atoms. The molecule has 2 aromatic rings. The average Bonchev–Trinajstić information content (AvgIpc) is 2.62. The van der Waals surface area contributed by atoms with Crippen molar-refractivity contribution >= 4 is 29.1 Å². The van der Waals surface area contributed by atoms with E-state index in [-0.39, 0.29) is 17.7 Å². The van der Waals surface area contributed by atoms with E-state index in [1.165, 1.54) is 14.0 Å². The van der Waals surface area contributed by atoms with Gasteiger partial charge in [0, 0.05) is 18.2 Å². The zero-order valence-corrected chi connectivity index (χ0v) is 14.8. The van der Waals surface area contributed by atoms with Gasteiger partial charge in [0.15, 0.2) is 0 Å². The highest BCUT2D eigenvalue weighted by Gasteiger charge is 2.15. The molecule has 0 radical (unpaired) electrons. The molecule has 2 rings (SSSR count). The molecule has 0 fully saturated rings. The first-order valence-corrected chi connectivity index (χ1v) is 8.03. The fourth-order valence-corrected chi connectivity index (χ4v) is 2.29. The van der Waals surface area contributed by atoms with Gasteiger partial charge >= 0.3 is 0 Å². The Morgan fingerprint density at radius 3 is 2.31 bits per heavy atom. The molecule has 26 heavy (non-hydrogen) atoms. The van der Waals surface area contributed by atoms with Crippen LogP contribution in [0.1, 0.15) is 24.2 Å². The maximum Gasteiger partial charge on any atom is 0.255 e. The molecule has 2 aromatic carbocycles. The Morgan fingerprint density at radius 1 is 1.00 bits per heavy atom. The number of carbonyl (C=O) groups is 3. The third-order valence-electron chi connectivity index (χ3n) is 3.56. The van der Waals surface area contributed by atoms with Gasteiger partial charge in [0.05, 0.1) is 12.8 Å². The van der Waals surface area contributed by atoms with Gasteiger partial charge in [-0.3, -0.25) is 14.4 Å². The zero-order chi connectivity index (χ0) is 19.1. The Hall–Kier alpha value is -3.35. The Bertz CT molecular complexity index is 806. The number of methoxy groups -OCH3 is 1.